The topological polar surface area (TPSA) is 124 Å². The van der Waals surface area contributed by atoms with Gasteiger partial charge >= 0.3 is 6.01 Å². The Kier molecular flexibility index (Phi) is 7.23. The van der Waals surface area contributed by atoms with Crippen LogP contribution in [0.4, 0.5) is 28.4 Å². The average Bonchev–Trinajstić information content (AvgIpc) is 3.47. The van der Waals surface area contributed by atoms with Gasteiger partial charge in [-0.1, -0.05) is 17.7 Å². The lowest BCUT2D eigenvalue weighted by molar-refractivity contribution is -0.0733. The minimum Gasteiger partial charge on any atom is -0.463 e. The standard InChI is InChI=1S/C32H30ClF4N7O2S/c33-20-7-18-26(25(35)24(20)17-3-4-21(34)27-23(17)19(8-38)28(39)47-27)41-30(42-29(18)44-9-15-1-2-16(10-44)40-15)46-14-31(5-6-31)12-43-11-22(45)32(36,37)13-43/h3-4,7,15-16,22,40,45H,1-2,5-6,9-14,39H2/t15?,16?,22-/m1/s1. The van der Waals surface area contributed by atoms with E-state index in [1.165, 1.54) is 12.1 Å². The highest BCUT2D eigenvalue weighted by Gasteiger charge is 2.52. The van der Waals surface area contributed by atoms with Gasteiger partial charge in [-0.15, -0.1) is 11.3 Å². The molecular weight excluding hydrogens is 658 g/mol. The minimum atomic E-state index is -3.16. The van der Waals surface area contributed by atoms with Crippen molar-refractivity contribution in [3.05, 3.63) is 40.4 Å². The smallest absolute Gasteiger partial charge is 0.319 e. The van der Waals surface area contributed by atoms with Gasteiger partial charge in [0.05, 0.1) is 28.4 Å². The van der Waals surface area contributed by atoms with Gasteiger partial charge in [0.2, 0.25) is 0 Å². The molecule has 2 aromatic carbocycles. The summed E-state index contributed by atoms with van der Waals surface area (Å²) in [7, 11) is 0. The lowest BCUT2D eigenvalue weighted by Crippen LogP contribution is -2.51. The van der Waals surface area contributed by atoms with Crippen molar-refractivity contribution in [2.75, 3.05) is 50.0 Å². The first-order valence-corrected chi connectivity index (χ1v) is 16.7. The number of nitriles is 1. The van der Waals surface area contributed by atoms with E-state index in [0.717, 1.165) is 37.0 Å². The van der Waals surface area contributed by atoms with Crippen LogP contribution in [0, 0.1) is 28.4 Å². The number of rotatable bonds is 7. The number of aromatic nitrogens is 2. The summed E-state index contributed by atoms with van der Waals surface area (Å²) >= 11 is 7.72. The van der Waals surface area contributed by atoms with Gasteiger partial charge in [0.25, 0.3) is 5.92 Å². The minimum absolute atomic E-state index is 0.0368. The lowest BCUT2D eigenvalue weighted by atomic mass is 9.97. The number of hydrogen-bond acceptors (Lipinski definition) is 10. The Labute approximate surface area is 275 Å². The van der Waals surface area contributed by atoms with Crippen molar-refractivity contribution in [3.8, 4) is 23.2 Å². The largest absolute Gasteiger partial charge is 0.463 e. The molecule has 8 rings (SSSR count). The summed E-state index contributed by atoms with van der Waals surface area (Å²) in [5.74, 6) is -4.07. The number of hydrogen-bond donors (Lipinski definition) is 3. The normalized spacial score (nSPS) is 24.7. The molecule has 4 fully saturated rings. The number of nitrogens with zero attached hydrogens (tertiary/aromatic N) is 5. The summed E-state index contributed by atoms with van der Waals surface area (Å²) in [5.41, 5.74) is 5.77. The molecule has 4 aromatic rings. The fourth-order valence-electron chi connectivity index (χ4n) is 7.37. The zero-order valence-corrected chi connectivity index (χ0v) is 26.6. The summed E-state index contributed by atoms with van der Waals surface area (Å²) < 4.78 is 66.0. The predicted octanol–water partition coefficient (Wildman–Crippen LogP) is 5.31. The number of nitrogen functional groups attached to an aromatic ring is 1. The first-order chi connectivity index (χ1) is 22.4. The Morgan fingerprint density at radius 2 is 1.91 bits per heavy atom. The molecule has 246 valence electrons. The van der Waals surface area contributed by atoms with Crippen LogP contribution in [0.15, 0.2) is 18.2 Å². The monoisotopic (exact) mass is 687 g/mol. The van der Waals surface area contributed by atoms with Gasteiger partial charge in [0, 0.05) is 60.0 Å². The third-order valence-corrected chi connectivity index (χ3v) is 11.3. The number of fused-ring (bicyclic) bond motifs is 4. The molecular formula is C32H30ClF4N7O2S. The molecule has 1 saturated carbocycles. The lowest BCUT2D eigenvalue weighted by Gasteiger charge is -2.34. The number of halogens is 5. The SMILES string of the molecule is N#Cc1c(N)sc2c(F)ccc(-c3c(Cl)cc4c(N5CC6CCC(C5)N6)nc(OCC5(CN6C[C@@H](O)C(F)(F)C6)CC5)nc4c3F)c12. The summed E-state index contributed by atoms with van der Waals surface area (Å²) in [5, 5.41) is 23.9. The number of anilines is 2. The molecule has 3 aliphatic heterocycles. The van der Waals surface area contributed by atoms with E-state index in [2.05, 4.69) is 15.2 Å². The fraction of sp³-hybridized carbons (Fsp3) is 0.469. The third kappa shape index (κ3) is 5.23. The molecule has 9 nitrogen and oxygen atoms in total. The van der Waals surface area contributed by atoms with Crippen LogP contribution in [-0.2, 0) is 0 Å². The van der Waals surface area contributed by atoms with Crippen LogP contribution in [0.3, 0.4) is 0 Å². The van der Waals surface area contributed by atoms with Gasteiger partial charge in [-0.25, -0.2) is 17.6 Å². The molecule has 0 spiro atoms. The van der Waals surface area contributed by atoms with E-state index >= 15 is 4.39 Å². The maximum absolute atomic E-state index is 16.9. The molecule has 5 heterocycles. The Morgan fingerprint density at radius 1 is 1.17 bits per heavy atom. The number of aliphatic hydroxyl groups excluding tert-OH is 1. The fourth-order valence-corrected chi connectivity index (χ4v) is 8.62. The van der Waals surface area contributed by atoms with Crippen molar-refractivity contribution in [1.82, 2.24) is 20.2 Å². The maximum atomic E-state index is 16.9. The van der Waals surface area contributed by atoms with E-state index in [4.69, 9.17) is 27.1 Å². The van der Waals surface area contributed by atoms with Crippen LogP contribution < -0.4 is 20.7 Å². The number of likely N-dealkylation sites (tertiary alicyclic amines) is 1. The molecule has 0 radical (unpaired) electrons. The molecule has 2 unspecified atom stereocenters. The first kappa shape index (κ1) is 30.8. The van der Waals surface area contributed by atoms with Gasteiger partial charge in [-0.3, -0.25) is 4.90 Å². The van der Waals surface area contributed by atoms with Crippen molar-refractivity contribution in [2.45, 2.75) is 49.8 Å². The first-order valence-electron chi connectivity index (χ1n) is 15.5. The van der Waals surface area contributed by atoms with Crippen LogP contribution in [0.25, 0.3) is 32.1 Å². The maximum Gasteiger partial charge on any atom is 0.319 e. The molecule has 2 bridgehead atoms. The van der Waals surface area contributed by atoms with Crippen molar-refractivity contribution < 1.29 is 27.4 Å². The Morgan fingerprint density at radius 3 is 2.57 bits per heavy atom. The van der Waals surface area contributed by atoms with E-state index in [-0.39, 0.29) is 73.6 Å². The van der Waals surface area contributed by atoms with E-state index in [1.54, 1.807) is 11.0 Å². The Hall–Kier alpha value is -3.48. The summed E-state index contributed by atoms with van der Waals surface area (Å²) in [6, 6.07) is 6.60. The quantitative estimate of drug-likeness (QED) is 0.222. The number of nitrogens with two attached hydrogens (primary N) is 1. The average molecular weight is 688 g/mol. The van der Waals surface area contributed by atoms with Crippen molar-refractivity contribution in [1.29, 1.82) is 5.26 Å². The number of β-amino-alcohol motifs (C(OH)–C–C–N with tert-alkyl or cyclic N) is 1. The van der Waals surface area contributed by atoms with Crippen LogP contribution in [0.5, 0.6) is 6.01 Å². The van der Waals surface area contributed by atoms with Gasteiger partial charge < -0.3 is 25.8 Å². The zero-order valence-electron chi connectivity index (χ0n) is 25.0. The van der Waals surface area contributed by atoms with Gasteiger partial charge in [-0.2, -0.15) is 15.2 Å². The second-order valence-electron chi connectivity index (χ2n) is 13.3. The summed E-state index contributed by atoms with van der Waals surface area (Å²) in [4.78, 5) is 12.9. The molecule has 15 heteroatoms. The van der Waals surface area contributed by atoms with E-state index in [9.17, 15) is 23.5 Å². The predicted molar refractivity (Wildman–Crippen MR) is 171 cm³/mol. The van der Waals surface area contributed by atoms with Crippen LogP contribution in [-0.4, -0.2) is 83.4 Å². The molecule has 2 aromatic heterocycles. The second kappa shape index (κ2) is 11.0. The molecule has 1 aliphatic carbocycles. The van der Waals surface area contributed by atoms with E-state index in [0.29, 0.717) is 30.8 Å². The highest BCUT2D eigenvalue weighted by Crippen LogP contribution is 2.49. The Balaban J connectivity index is 1.21. The Bertz CT molecular complexity index is 1970. The van der Waals surface area contributed by atoms with Gasteiger partial charge in [-0.05, 0) is 43.4 Å². The molecule has 4 N–H and O–H groups in total. The van der Waals surface area contributed by atoms with Gasteiger partial charge in [0.15, 0.2) is 5.82 Å². The molecule has 3 atom stereocenters. The second-order valence-corrected chi connectivity index (χ2v) is 14.8. The zero-order chi connectivity index (χ0) is 32.8. The number of aliphatic hydroxyl groups is 1. The summed E-state index contributed by atoms with van der Waals surface area (Å²) in [6.45, 7) is 1.08. The van der Waals surface area contributed by atoms with E-state index in [1.807, 2.05) is 6.07 Å². The molecule has 47 heavy (non-hydrogen) atoms. The van der Waals surface area contributed by atoms with Crippen LogP contribution >= 0.6 is 22.9 Å². The summed E-state index contributed by atoms with van der Waals surface area (Å²) in [6.07, 6.45) is 1.79. The number of piperazine rings is 1. The van der Waals surface area contributed by atoms with Crippen molar-refractivity contribution in [3.63, 3.8) is 0 Å². The number of thiophene rings is 1. The highest BCUT2D eigenvalue weighted by atomic mass is 35.5. The van der Waals surface area contributed by atoms with Crippen molar-refractivity contribution in [2.24, 2.45) is 5.41 Å². The van der Waals surface area contributed by atoms with Crippen LogP contribution in [0.1, 0.15) is 31.2 Å². The number of nitrogens with one attached hydrogen (secondary N) is 1. The molecule has 3 saturated heterocycles. The van der Waals surface area contributed by atoms with Crippen molar-refractivity contribution >= 4 is 54.7 Å². The molecule has 0 amide bonds. The highest BCUT2D eigenvalue weighted by molar-refractivity contribution is 7.23. The third-order valence-electron chi connectivity index (χ3n) is 9.93. The number of benzene rings is 2. The number of alkyl halides is 2. The van der Waals surface area contributed by atoms with Gasteiger partial charge in [0.1, 0.15) is 34.3 Å². The van der Waals surface area contributed by atoms with Crippen LogP contribution in [0.2, 0.25) is 5.02 Å². The molecule has 4 aliphatic rings. The van der Waals surface area contributed by atoms with E-state index < -0.39 is 35.6 Å². The number of ether oxygens (including phenoxy) is 1.